The van der Waals surface area contributed by atoms with Crippen molar-refractivity contribution < 1.29 is 24.9 Å². The van der Waals surface area contributed by atoms with E-state index in [1.54, 1.807) is 6.92 Å². The highest BCUT2D eigenvalue weighted by molar-refractivity contribution is 5.71. The van der Waals surface area contributed by atoms with Gasteiger partial charge in [0.05, 0.1) is 13.2 Å². The molecule has 5 heteroatoms. The van der Waals surface area contributed by atoms with Crippen LogP contribution in [0.2, 0.25) is 0 Å². The molecule has 0 aliphatic heterocycles. The highest BCUT2D eigenvalue weighted by atomic mass is 16.5. The molecular weight excluding hydrogens is 164 g/mol. The molecule has 0 saturated heterocycles. The monoisotopic (exact) mass is 180 g/mol. The lowest BCUT2D eigenvalue weighted by molar-refractivity contribution is -0.148. The average molecular weight is 180 g/mol. The van der Waals surface area contributed by atoms with Crippen LogP contribution in [-0.2, 0) is 9.53 Å². The zero-order valence-electron chi connectivity index (χ0n) is 7.36. The van der Waals surface area contributed by atoms with Crippen molar-refractivity contribution in [3.05, 3.63) is 0 Å². The summed E-state index contributed by atoms with van der Waals surface area (Å²) in [5.41, 5.74) is 0. The SMILES string of the molecule is CCOC(C)C(=O)O.OCCO. The zero-order chi connectivity index (χ0) is 9.98. The molecule has 0 aliphatic carbocycles. The van der Waals surface area contributed by atoms with Crippen molar-refractivity contribution in [2.24, 2.45) is 0 Å². The Labute approximate surface area is 71.6 Å². The van der Waals surface area contributed by atoms with Crippen LogP contribution in [0.3, 0.4) is 0 Å². The molecule has 0 saturated carbocycles. The van der Waals surface area contributed by atoms with Crippen LogP contribution >= 0.6 is 0 Å². The molecule has 0 heterocycles. The number of aliphatic hydroxyl groups excluding tert-OH is 2. The van der Waals surface area contributed by atoms with Crippen LogP contribution in [0.25, 0.3) is 0 Å². The summed E-state index contributed by atoms with van der Waals surface area (Å²) in [5.74, 6) is -0.910. The Morgan fingerprint density at radius 1 is 1.42 bits per heavy atom. The molecule has 0 aromatic heterocycles. The first-order chi connectivity index (χ1) is 5.59. The maximum Gasteiger partial charge on any atom is 0.332 e. The van der Waals surface area contributed by atoms with E-state index in [1.807, 2.05) is 0 Å². The van der Waals surface area contributed by atoms with Crippen LogP contribution in [0.4, 0.5) is 0 Å². The van der Waals surface area contributed by atoms with Crippen molar-refractivity contribution in [1.29, 1.82) is 0 Å². The fourth-order valence-electron chi connectivity index (χ4n) is 0.321. The lowest BCUT2D eigenvalue weighted by Crippen LogP contribution is -2.19. The Hall–Kier alpha value is -0.650. The van der Waals surface area contributed by atoms with E-state index in [2.05, 4.69) is 0 Å². The predicted molar refractivity (Wildman–Crippen MR) is 42.9 cm³/mol. The smallest absolute Gasteiger partial charge is 0.332 e. The summed E-state index contributed by atoms with van der Waals surface area (Å²) >= 11 is 0. The van der Waals surface area contributed by atoms with Gasteiger partial charge in [0.25, 0.3) is 0 Å². The molecule has 0 amide bonds. The van der Waals surface area contributed by atoms with E-state index < -0.39 is 12.1 Å². The van der Waals surface area contributed by atoms with Crippen LogP contribution in [0.1, 0.15) is 13.8 Å². The Morgan fingerprint density at radius 2 is 1.83 bits per heavy atom. The summed E-state index contributed by atoms with van der Waals surface area (Å²) in [6.45, 7) is 3.47. The van der Waals surface area contributed by atoms with Crippen LogP contribution in [0.15, 0.2) is 0 Å². The van der Waals surface area contributed by atoms with Gasteiger partial charge in [-0.15, -0.1) is 0 Å². The van der Waals surface area contributed by atoms with Gasteiger partial charge < -0.3 is 20.1 Å². The van der Waals surface area contributed by atoms with Gasteiger partial charge in [0.2, 0.25) is 0 Å². The van der Waals surface area contributed by atoms with Crippen molar-refractivity contribution in [3.63, 3.8) is 0 Å². The molecule has 0 aromatic rings. The lowest BCUT2D eigenvalue weighted by atomic mass is 10.4. The standard InChI is InChI=1S/C5H10O3.C2H6O2/c1-3-8-4(2)5(6)7;3-1-2-4/h4H,3H2,1-2H3,(H,6,7);3-4H,1-2H2. The molecule has 74 valence electrons. The summed E-state index contributed by atoms with van der Waals surface area (Å²) < 4.78 is 4.70. The van der Waals surface area contributed by atoms with Crippen LogP contribution in [0, 0.1) is 0 Å². The Balaban J connectivity index is 0. The second kappa shape index (κ2) is 10.3. The van der Waals surface area contributed by atoms with Gasteiger partial charge in [0.1, 0.15) is 0 Å². The second-order valence-corrected chi connectivity index (χ2v) is 1.88. The number of carboxylic acids is 1. The number of carboxylic acid groups (broad SMARTS) is 1. The number of carbonyl (C=O) groups is 1. The van der Waals surface area contributed by atoms with Crippen LogP contribution in [-0.4, -0.2) is 47.2 Å². The normalized spacial score (nSPS) is 11.3. The third-order valence-corrected chi connectivity index (χ3v) is 0.864. The van der Waals surface area contributed by atoms with Gasteiger partial charge in [0, 0.05) is 6.61 Å². The Kier molecular flexibility index (Phi) is 12.0. The van der Waals surface area contributed by atoms with E-state index in [0.717, 1.165) is 0 Å². The van der Waals surface area contributed by atoms with Gasteiger partial charge in [-0.1, -0.05) is 0 Å². The first-order valence-electron chi connectivity index (χ1n) is 3.66. The number of rotatable bonds is 4. The van der Waals surface area contributed by atoms with Crippen LogP contribution < -0.4 is 0 Å². The molecular formula is C7H16O5. The quantitative estimate of drug-likeness (QED) is 0.541. The molecule has 5 nitrogen and oxygen atoms in total. The summed E-state index contributed by atoms with van der Waals surface area (Å²) in [7, 11) is 0. The fraction of sp³-hybridized carbons (Fsp3) is 0.857. The summed E-state index contributed by atoms with van der Waals surface area (Å²) in [5, 5.41) is 23.4. The van der Waals surface area contributed by atoms with Gasteiger partial charge in [-0.3, -0.25) is 0 Å². The van der Waals surface area contributed by atoms with E-state index in [0.29, 0.717) is 6.61 Å². The van der Waals surface area contributed by atoms with Crippen LogP contribution in [0.5, 0.6) is 0 Å². The first-order valence-corrected chi connectivity index (χ1v) is 3.66. The number of aliphatic carboxylic acids is 1. The fourth-order valence-corrected chi connectivity index (χ4v) is 0.321. The number of aliphatic hydroxyl groups is 2. The molecule has 12 heavy (non-hydrogen) atoms. The average Bonchev–Trinajstić information content (AvgIpc) is 2.05. The molecule has 1 atom stereocenters. The number of hydrogen-bond donors (Lipinski definition) is 3. The van der Waals surface area contributed by atoms with E-state index in [4.69, 9.17) is 20.1 Å². The Morgan fingerprint density at radius 3 is 1.92 bits per heavy atom. The Bertz CT molecular complexity index is 102. The van der Waals surface area contributed by atoms with E-state index in [1.165, 1.54) is 6.92 Å². The molecule has 3 N–H and O–H groups in total. The number of hydrogen-bond acceptors (Lipinski definition) is 4. The number of ether oxygens (including phenoxy) is 1. The molecule has 0 fully saturated rings. The molecule has 0 aliphatic rings. The van der Waals surface area contributed by atoms with E-state index >= 15 is 0 Å². The summed E-state index contributed by atoms with van der Waals surface area (Å²) in [6, 6.07) is 0. The molecule has 0 bridgehead atoms. The lowest BCUT2D eigenvalue weighted by Gasteiger charge is -2.03. The second-order valence-electron chi connectivity index (χ2n) is 1.88. The molecule has 0 radical (unpaired) electrons. The predicted octanol–water partition coefficient (Wildman–Crippen LogP) is -0.533. The van der Waals surface area contributed by atoms with Crippen molar-refractivity contribution in [1.82, 2.24) is 0 Å². The first kappa shape index (κ1) is 13.9. The molecule has 1 unspecified atom stereocenters. The minimum Gasteiger partial charge on any atom is -0.479 e. The molecule has 0 spiro atoms. The topological polar surface area (TPSA) is 87.0 Å². The van der Waals surface area contributed by atoms with E-state index in [9.17, 15) is 4.79 Å². The third kappa shape index (κ3) is 12.1. The van der Waals surface area contributed by atoms with Gasteiger partial charge in [-0.2, -0.15) is 0 Å². The van der Waals surface area contributed by atoms with Gasteiger partial charge in [0.15, 0.2) is 6.10 Å². The maximum absolute atomic E-state index is 9.96. The van der Waals surface area contributed by atoms with Gasteiger partial charge >= 0.3 is 5.97 Å². The summed E-state index contributed by atoms with van der Waals surface area (Å²) in [4.78, 5) is 9.96. The maximum atomic E-state index is 9.96. The van der Waals surface area contributed by atoms with Crippen molar-refractivity contribution in [2.75, 3.05) is 19.8 Å². The molecule has 0 aromatic carbocycles. The highest BCUT2D eigenvalue weighted by Crippen LogP contribution is 1.87. The minimum absolute atomic E-state index is 0.125. The van der Waals surface area contributed by atoms with E-state index in [-0.39, 0.29) is 13.2 Å². The van der Waals surface area contributed by atoms with Gasteiger partial charge in [-0.25, -0.2) is 4.79 Å². The van der Waals surface area contributed by atoms with Crippen molar-refractivity contribution >= 4 is 5.97 Å². The van der Waals surface area contributed by atoms with Crippen molar-refractivity contribution in [3.8, 4) is 0 Å². The summed E-state index contributed by atoms with van der Waals surface area (Å²) in [6.07, 6.45) is -0.667. The minimum atomic E-state index is -0.910. The zero-order valence-corrected chi connectivity index (χ0v) is 7.36. The largest absolute Gasteiger partial charge is 0.479 e. The highest BCUT2D eigenvalue weighted by Gasteiger charge is 2.07. The molecule has 0 rings (SSSR count). The third-order valence-electron chi connectivity index (χ3n) is 0.864. The van der Waals surface area contributed by atoms with Crippen molar-refractivity contribution in [2.45, 2.75) is 20.0 Å². The van der Waals surface area contributed by atoms with Gasteiger partial charge in [-0.05, 0) is 13.8 Å².